The number of hydrogen-bond donors (Lipinski definition) is 3. The Hall–Kier alpha value is -4.90. The summed E-state index contributed by atoms with van der Waals surface area (Å²) in [5, 5.41) is 7.61. The molecule has 0 saturated carbocycles. The summed E-state index contributed by atoms with van der Waals surface area (Å²) in [4.78, 5) is 42.1. The fraction of sp³-hybridized carbons (Fsp3) is 0.143. The molecule has 0 radical (unpaired) electrons. The van der Waals surface area contributed by atoms with E-state index in [1.807, 2.05) is 0 Å². The highest BCUT2D eigenvalue weighted by Crippen LogP contribution is 2.39. The third kappa shape index (κ3) is 6.33. The second kappa shape index (κ2) is 12.1. The number of benzene rings is 3. The van der Waals surface area contributed by atoms with Gasteiger partial charge < -0.3 is 30.6 Å². The molecular formula is C28H26N4O6S. The Kier molecular flexibility index (Phi) is 8.42. The molecule has 10 nitrogen and oxygen atoms in total. The lowest BCUT2D eigenvalue weighted by atomic mass is 10.1. The number of para-hydroxylation sites is 2. The Balaban J connectivity index is 1.41. The molecule has 0 aliphatic rings. The number of ketones is 1. The number of amides is 2. The van der Waals surface area contributed by atoms with Gasteiger partial charge >= 0.3 is 0 Å². The van der Waals surface area contributed by atoms with Crippen LogP contribution in [0.2, 0.25) is 0 Å². The van der Waals surface area contributed by atoms with Crippen molar-refractivity contribution in [3.63, 3.8) is 0 Å². The Labute approximate surface area is 228 Å². The molecule has 0 aliphatic carbocycles. The van der Waals surface area contributed by atoms with Crippen LogP contribution in [0, 0.1) is 0 Å². The zero-order valence-corrected chi connectivity index (χ0v) is 22.3. The summed E-state index contributed by atoms with van der Waals surface area (Å²) >= 11 is 1.31. The Morgan fingerprint density at radius 1 is 0.872 bits per heavy atom. The molecule has 4 N–H and O–H groups in total. The SMILES string of the molecule is COc1cc(C(=O)c2csc(-c3ccc(NC(=O)CC(=O)Nc4ccccc4N)cc3)n2)cc(OC)c1OC. The van der Waals surface area contributed by atoms with Crippen molar-refractivity contribution in [2.24, 2.45) is 0 Å². The van der Waals surface area contributed by atoms with E-state index in [0.29, 0.717) is 44.9 Å². The van der Waals surface area contributed by atoms with Crippen molar-refractivity contribution in [2.45, 2.75) is 6.42 Å². The van der Waals surface area contributed by atoms with Crippen LogP contribution in [0.5, 0.6) is 17.2 Å². The molecular weight excluding hydrogens is 520 g/mol. The number of nitrogens with one attached hydrogen (secondary N) is 2. The lowest BCUT2D eigenvalue weighted by molar-refractivity contribution is -0.123. The number of methoxy groups -OCH3 is 3. The van der Waals surface area contributed by atoms with Gasteiger partial charge in [-0.25, -0.2) is 4.98 Å². The second-order valence-electron chi connectivity index (χ2n) is 8.22. The van der Waals surface area contributed by atoms with E-state index in [1.54, 1.807) is 66.0 Å². The predicted molar refractivity (Wildman–Crippen MR) is 150 cm³/mol. The van der Waals surface area contributed by atoms with Gasteiger partial charge in [-0.05, 0) is 48.5 Å². The van der Waals surface area contributed by atoms with Gasteiger partial charge in [-0.3, -0.25) is 14.4 Å². The molecule has 0 bridgehead atoms. The number of nitrogen functional groups attached to an aromatic ring is 1. The Morgan fingerprint density at radius 3 is 2.13 bits per heavy atom. The number of carbonyl (C=O) groups excluding carboxylic acids is 3. The first-order chi connectivity index (χ1) is 18.8. The van der Waals surface area contributed by atoms with Gasteiger partial charge in [-0.15, -0.1) is 11.3 Å². The van der Waals surface area contributed by atoms with Crippen LogP contribution in [0.3, 0.4) is 0 Å². The van der Waals surface area contributed by atoms with E-state index in [-0.39, 0.29) is 17.9 Å². The summed E-state index contributed by atoms with van der Waals surface area (Å²) in [6, 6.07) is 16.9. The van der Waals surface area contributed by atoms with Gasteiger partial charge in [0, 0.05) is 22.2 Å². The quantitative estimate of drug-likeness (QED) is 0.149. The number of aromatic nitrogens is 1. The molecule has 2 amide bonds. The van der Waals surface area contributed by atoms with Crippen molar-refractivity contribution in [1.29, 1.82) is 0 Å². The zero-order valence-electron chi connectivity index (χ0n) is 21.4. The maximum Gasteiger partial charge on any atom is 0.233 e. The molecule has 1 heterocycles. The van der Waals surface area contributed by atoms with Gasteiger partial charge in [0.1, 0.15) is 17.1 Å². The van der Waals surface area contributed by atoms with Crippen LogP contribution in [0.4, 0.5) is 17.1 Å². The first kappa shape index (κ1) is 27.1. The smallest absolute Gasteiger partial charge is 0.233 e. The minimum atomic E-state index is -0.478. The van der Waals surface area contributed by atoms with Gasteiger partial charge in [-0.2, -0.15) is 0 Å². The first-order valence-electron chi connectivity index (χ1n) is 11.7. The molecule has 39 heavy (non-hydrogen) atoms. The van der Waals surface area contributed by atoms with Crippen LogP contribution in [0.1, 0.15) is 22.5 Å². The summed E-state index contributed by atoms with van der Waals surface area (Å²) in [7, 11) is 4.45. The van der Waals surface area contributed by atoms with Crippen molar-refractivity contribution < 1.29 is 28.6 Å². The van der Waals surface area contributed by atoms with Crippen LogP contribution >= 0.6 is 11.3 Å². The molecule has 3 aromatic carbocycles. The van der Waals surface area contributed by atoms with E-state index in [9.17, 15) is 14.4 Å². The van der Waals surface area contributed by atoms with Crippen molar-refractivity contribution in [2.75, 3.05) is 37.7 Å². The number of carbonyl (C=O) groups is 3. The third-order valence-electron chi connectivity index (χ3n) is 5.64. The summed E-state index contributed by atoms with van der Waals surface area (Å²) < 4.78 is 16.0. The van der Waals surface area contributed by atoms with Gasteiger partial charge in [0.15, 0.2) is 11.5 Å². The maximum absolute atomic E-state index is 13.1. The molecule has 0 spiro atoms. The standard InChI is InChI=1S/C28H26N4O6S/c1-36-22-12-17(13-23(37-2)27(22)38-3)26(35)21-15-39-28(32-21)16-8-10-18(11-9-16)30-24(33)14-25(34)31-20-7-5-4-6-19(20)29/h4-13,15H,14,29H2,1-3H3,(H,30,33)(H,31,34). The predicted octanol–water partition coefficient (Wildman–Crippen LogP) is 4.62. The Morgan fingerprint density at radius 2 is 1.51 bits per heavy atom. The fourth-order valence-electron chi connectivity index (χ4n) is 3.72. The number of anilines is 3. The molecule has 1 aromatic heterocycles. The molecule has 0 fully saturated rings. The third-order valence-corrected chi connectivity index (χ3v) is 6.53. The molecule has 0 atom stereocenters. The average molecular weight is 547 g/mol. The monoisotopic (exact) mass is 546 g/mol. The van der Waals surface area contributed by atoms with E-state index in [4.69, 9.17) is 19.9 Å². The lowest BCUT2D eigenvalue weighted by Crippen LogP contribution is -2.21. The van der Waals surface area contributed by atoms with Crippen LogP contribution in [0.15, 0.2) is 66.0 Å². The fourth-order valence-corrected chi connectivity index (χ4v) is 4.53. The molecule has 200 valence electrons. The van der Waals surface area contributed by atoms with Gasteiger partial charge in [0.2, 0.25) is 23.3 Å². The molecule has 0 unspecified atom stereocenters. The minimum absolute atomic E-state index is 0.270. The van der Waals surface area contributed by atoms with Crippen molar-refractivity contribution in [3.8, 4) is 27.8 Å². The second-order valence-corrected chi connectivity index (χ2v) is 9.08. The highest BCUT2D eigenvalue weighted by Gasteiger charge is 2.20. The highest BCUT2D eigenvalue weighted by molar-refractivity contribution is 7.13. The van der Waals surface area contributed by atoms with E-state index < -0.39 is 11.8 Å². The van der Waals surface area contributed by atoms with Crippen molar-refractivity contribution in [1.82, 2.24) is 4.98 Å². The van der Waals surface area contributed by atoms with E-state index in [0.717, 1.165) is 5.56 Å². The summed E-state index contributed by atoms with van der Waals surface area (Å²) in [6.07, 6.45) is -0.366. The van der Waals surface area contributed by atoms with Crippen LogP contribution in [-0.4, -0.2) is 43.9 Å². The van der Waals surface area contributed by atoms with Gasteiger partial charge in [0.05, 0.1) is 32.7 Å². The minimum Gasteiger partial charge on any atom is -0.493 e. The molecule has 0 aliphatic heterocycles. The average Bonchev–Trinajstić information content (AvgIpc) is 3.43. The van der Waals surface area contributed by atoms with Gasteiger partial charge in [-0.1, -0.05) is 12.1 Å². The van der Waals surface area contributed by atoms with Crippen LogP contribution < -0.4 is 30.6 Å². The number of ether oxygens (including phenoxy) is 3. The van der Waals surface area contributed by atoms with Gasteiger partial charge in [0.25, 0.3) is 0 Å². The van der Waals surface area contributed by atoms with E-state index in [1.165, 1.54) is 32.7 Å². The number of rotatable bonds is 10. The summed E-state index contributed by atoms with van der Waals surface area (Å²) in [5.41, 5.74) is 8.57. The normalized spacial score (nSPS) is 10.4. The van der Waals surface area contributed by atoms with Crippen molar-refractivity contribution in [3.05, 3.63) is 77.3 Å². The van der Waals surface area contributed by atoms with Crippen LogP contribution in [-0.2, 0) is 9.59 Å². The van der Waals surface area contributed by atoms with Crippen LogP contribution in [0.25, 0.3) is 10.6 Å². The zero-order chi connectivity index (χ0) is 27.9. The molecule has 4 aromatic rings. The number of nitrogens with two attached hydrogens (primary N) is 1. The highest BCUT2D eigenvalue weighted by atomic mass is 32.1. The number of hydrogen-bond acceptors (Lipinski definition) is 9. The topological polar surface area (TPSA) is 142 Å². The van der Waals surface area contributed by atoms with Crippen molar-refractivity contribution >= 4 is 46.0 Å². The van der Waals surface area contributed by atoms with E-state index >= 15 is 0 Å². The maximum atomic E-state index is 13.1. The lowest BCUT2D eigenvalue weighted by Gasteiger charge is -2.13. The summed E-state index contributed by atoms with van der Waals surface area (Å²) in [5.74, 6) is -0.110. The largest absolute Gasteiger partial charge is 0.493 e. The molecule has 11 heteroatoms. The summed E-state index contributed by atoms with van der Waals surface area (Å²) in [6.45, 7) is 0. The van der Waals surface area contributed by atoms with E-state index in [2.05, 4.69) is 15.6 Å². The molecule has 0 saturated heterocycles. The number of nitrogens with zero attached hydrogens (tertiary/aromatic N) is 1. The number of thiazole rings is 1. The Bertz CT molecular complexity index is 1490. The first-order valence-corrected chi connectivity index (χ1v) is 12.6. The molecule has 4 rings (SSSR count).